The third-order valence-corrected chi connectivity index (χ3v) is 7.94. The average molecular weight is 565 g/mol. The Kier molecular flexibility index (Phi) is 5.71. The third-order valence-electron chi connectivity index (χ3n) is 7.94. The quantitative estimate of drug-likeness (QED) is 0.279. The van der Waals surface area contributed by atoms with Crippen LogP contribution in [-0.2, 0) is 22.7 Å². The number of amides is 2. The number of hydrogen-bond acceptors (Lipinski definition) is 6. The summed E-state index contributed by atoms with van der Waals surface area (Å²) in [5.41, 5.74) is 4.53. The maximum Gasteiger partial charge on any atom is 0.261 e. The van der Waals surface area contributed by atoms with E-state index in [9.17, 15) is 9.59 Å². The van der Waals surface area contributed by atoms with Crippen molar-refractivity contribution in [2.24, 2.45) is 0 Å². The van der Waals surface area contributed by atoms with Gasteiger partial charge in [-0.3, -0.25) is 19.6 Å². The first kappa shape index (κ1) is 24.9. The summed E-state index contributed by atoms with van der Waals surface area (Å²) in [6.45, 7) is 1.15. The molecular formula is C33H24N8O2. The molecule has 4 aromatic carbocycles. The van der Waals surface area contributed by atoms with Crippen molar-refractivity contribution in [1.82, 2.24) is 39.9 Å². The molecule has 0 unspecified atom stereocenters. The normalized spacial score (nSPS) is 13.6. The Morgan fingerprint density at radius 2 is 1.47 bits per heavy atom. The predicted octanol–water partition coefficient (Wildman–Crippen LogP) is 4.78. The monoisotopic (exact) mass is 564 g/mol. The van der Waals surface area contributed by atoms with Crippen molar-refractivity contribution >= 4 is 55.5 Å². The van der Waals surface area contributed by atoms with Crippen molar-refractivity contribution in [3.63, 3.8) is 0 Å². The minimum Gasteiger partial charge on any atom is -0.316 e. The molecule has 0 radical (unpaired) electrons. The fourth-order valence-corrected chi connectivity index (χ4v) is 5.99. The van der Waals surface area contributed by atoms with Crippen LogP contribution in [0, 0.1) is 0 Å². The van der Waals surface area contributed by atoms with Gasteiger partial charge in [-0.05, 0) is 46.7 Å². The zero-order valence-electron chi connectivity index (χ0n) is 22.9. The molecule has 3 aromatic heterocycles. The van der Waals surface area contributed by atoms with Gasteiger partial charge in [0.25, 0.3) is 11.8 Å². The SMILES string of the molecule is O=C1NC(=O)C(c2nn(CCCn3ncnn3)c3ccccc23)=C1c1cn(-c2ccc3ccccc3c2)c2ccccc12. The summed E-state index contributed by atoms with van der Waals surface area (Å²) in [7, 11) is 0. The van der Waals surface area contributed by atoms with E-state index in [2.05, 4.69) is 55.6 Å². The molecule has 10 nitrogen and oxygen atoms in total. The lowest BCUT2D eigenvalue weighted by Gasteiger charge is -2.07. The molecule has 10 heteroatoms. The molecule has 0 atom stereocenters. The molecular weight excluding hydrogens is 540 g/mol. The summed E-state index contributed by atoms with van der Waals surface area (Å²) < 4.78 is 3.95. The van der Waals surface area contributed by atoms with E-state index in [1.54, 1.807) is 0 Å². The number of nitrogens with zero attached hydrogens (tertiary/aromatic N) is 7. The van der Waals surface area contributed by atoms with E-state index < -0.39 is 11.8 Å². The lowest BCUT2D eigenvalue weighted by Crippen LogP contribution is -2.22. The van der Waals surface area contributed by atoms with Crippen LogP contribution in [0.2, 0.25) is 0 Å². The van der Waals surface area contributed by atoms with E-state index in [0.717, 1.165) is 38.3 Å². The Hall–Kier alpha value is -5.90. The molecule has 8 rings (SSSR count). The van der Waals surface area contributed by atoms with Crippen molar-refractivity contribution < 1.29 is 9.59 Å². The summed E-state index contributed by atoms with van der Waals surface area (Å²) >= 11 is 0. The van der Waals surface area contributed by atoms with E-state index in [-0.39, 0.29) is 5.57 Å². The number of rotatable bonds is 7. The lowest BCUT2D eigenvalue weighted by molar-refractivity contribution is -0.122. The van der Waals surface area contributed by atoms with Gasteiger partial charge in [-0.2, -0.15) is 9.90 Å². The van der Waals surface area contributed by atoms with Gasteiger partial charge < -0.3 is 4.57 Å². The van der Waals surface area contributed by atoms with Crippen LogP contribution in [0.1, 0.15) is 17.7 Å². The number of hydrogen-bond donors (Lipinski definition) is 1. The molecule has 1 aliphatic heterocycles. The van der Waals surface area contributed by atoms with Crippen LogP contribution in [-0.4, -0.2) is 46.4 Å². The molecule has 0 saturated carbocycles. The Morgan fingerprint density at radius 1 is 0.721 bits per heavy atom. The average Bonchev–Trinajstić information content (AvgIpc) is 3.82. The second-order valence-electron chi connectivity index (χ2n) is 10.5. The van der Waals surface area contributed by atoms with Crippen molar-refractivity contribution in [1.29, 1.82) is 0 Å². The zero-order chi connectivity index (χ0) is 28.9. The number of nitrogens with one attached hydrogen (secondary N) is 1. The predicted molar refractivity (Wildman–Crippen MR) is 163 cm³/mol. The van der Waals surface area contributed by atoms with Crippen LogP contribution < -0.4 is 5.32 Å². The van der Waals surface area contributed by atoms with E-state index in [0.29, 0.717) is 36.3 Å². The van der Waals surface area contributed by atoms with Crippen LogP contribution in [0.3, 0.4) is 0 Å². The fraction of sp³-hybridized carbons (Fsp3) is 0.0909. The van der Waals surface area contributed by atoms with Crippen LogP contribution >= 0.6 is 0 Å². The summed E-state index contributed by atoms with van der Waals surface area (Å²) in [6, 6.07) is 30.2. The van der Waals surface area contributed by atoms with Crippen LogP contribution in [0.5, 0.6) is 0 Å². The van der Waals surface area contributed by atoms with E-state index in [1.807, 2.05) is 71.5 Å². The molecule has 0 fully saturated rings. The molecule has 0 spiro atoms. The number of carbonyl (C=O) groups is 2. The first-order chi connectivity index (χ1) is 21.2. The maximum atomic E-state index is 13.5. The summed E-state index contributed by atoms with van der Waals surface area (Å²) in [6.07, 6.45) is 4.06. The second-order valence-corrected chi connectivity index (χ2v) is 10.5. The smallest absolute Gasteiger partial charge is 0.261 e. The van der Waals surface area contributed by atoms with E-state index >= 15 is 0 Å². The van der Waals surface area contributed by atoms with Gasteiger partial charge in [0.15, 0.2) is 6.33 Å². The standard InChI is InChI=1S/C33H24N8O2/c42-32-29(26-19-39(27-12-5-3-10-24(26)27)23-15-14-21-8-1-2-9-22(21)18-23)30(33(43)36-32)31-25-11-4-6-13-28(25)40(37-31)16-7-17-41-35-20-34-38-41/h1-6,8-15,18-20H,7,16-17H2,(H,36,42,43). The number of para-hydroxylation sites is 2. The Labute approximate surface area is 244 Å². The number of carbonyl (C=O) groups excluding carboxylic acids is 2. The third kappa shape index (κ3) is 4.11. The first-order valence-electron chi connectivity index (χ1n) is 14.0. The molecule has 0 bridgehead atoms. The number of aryl methyl sites for hydroxylation is 2. The first-order valence-corrected chi connectivity index (χ1v) is 14.0. The molecule has 2 amide bonds. The minimum absolute atomic E-state index is 0.277. The number of fused-ring (bicyclic) bond motifs is 3. The van der Waals surface area contributed by atoms with Gasteiger partial charge in [0, 0.05) is 34.8 Å². The molecule has 1 aliphatic rings. The highest BCUT2D eigenvalue weighted by molar-refractivity contribution is 6.50. The highest BCUT2D eigenvalue weighted by atomic mass is 16.2. The van der Waals surface area contributed by atoms with Gasteiger partial charge in [-0.15, -0.1) is 10.2 Å². The van der Waals surface area contributed by atoms with Crippen molar-refractivity contribution in [3.8, 4) is 5.69 Å². The van der Waals surface area contributed by atoms with Gasteiger partial charge in [0.1, 0.15) is 5.69 Å². The largest absolute Gasteiger partial charge is 0.316 e. The Bertz CT molecular complexity index is 2240. The highest BCUT2D eigenvalue weighted by Gasteiger charge is 2.36. The molecule has 1 N–H and O–H groups in total. The molecule has 7 aromatic rings. The van der Waals surface area contributed by atoms with Crippen LogP contribution in [0.15, 0.2) is 104 Å². The molecule has 43 heavy (non-hydrogen) atoms. The maximum absolute atomic E-state index is 13.5. The highest BCUT2D eigenvalue weighted by Crippen LogP contribution is 2.39. The topological polar surface area (TPSA) is 113 Å². The number of aromatic nitrogens is 7. The van der Waals surface area contributed by atoms with Gasteiger partial charge in [-0.1, -0.05) is 66.7 Å². The summed E-state index contributed by atoms with van der Waals surface area (Å²) in [5, 5.41) is 23.1. The minimum atomic E-state index is -0.454. The van der Waals surface area contributed by atoms with Gasteiger partial charge in [-0.25, -0.2) is 0 Å². The van der Waals surface area contributed by atoms with Crippen molar-refractivity contribution in [2.45, 2.75) is 19.5 Å². The van der Waals surface area contributed by atoms with Crippen LogP contribution in [0.4, 0.5) is 0 Å². The summed E-state index contributed by atoms with van der Waals surface area (Å²) in [4.78, 5) is 28.5. The number of imide groups is 1. The molecule has 0 saturated heterocycles. The molecule has 208 valence electrons. The number of benzene rings is 4. The molecule has 0 aliphatic carbocycles. The van der Waals surface area contributed by atoms with E-state index in [1.165, 1.54) is 11.1 Å². The summed E-state index contributed by atoms with van der Waals surface area (Å²) in [5.74, 6) is -0.887. The lowest BCUT2D eigenvalue weighted by atomic mass is 9.97. The Balaban J connectivity index is 1.29. The zero-order valence-corrected chi connectivity index (χ0v) is 22.9. The van der Waals surface area contributed by atoms with Gasteiger partial charge >= 0.3 is 0 Å². The van der Waals surface area contributed by atoms with Gasteiger partial charge in [0.2, 0.25) is 0 Å². The number of tetrazole rings is 1. The van der Waals surface area contributed by atoms with Crippen LogP contribution in [0.25, 0.3) is 49.4 Å². The van der Waals surface area contributed by atoms with Crippen molar-refractivity contribution in [2.75, 3.05) is 0 Å². The van der Waals surface area contributed by atoms with Gasteiger partial charge in [0.05, 0.1) is 28.7 Å². The van der Waals surface area contributed by atoms with E-state index in [4.69, 9.17) is 5.10 Å². The fourth-order valence-electron chi connectivity index (χ4n) is 5.99. The Morgan fingerprint density at radius 3 is 2.30 bits per heavy atom. The molecule has 4 heterocycles. The second kappa shape index (κ2) is 9.88. The van der Waals surface area contributed by atoms with Crippen molar-refractivity contribution in [3.05, 3.63) is 115 Å².